The predicted molar refractivity (Wildman–Crippen MR) is 69.0 cm³/mol. The van der Waals surface area contributed by atoms with Gasteiger partial charge in [0, 0.05) is 11.5 Å². The summed E-state index contributed by atoms with van der Waals surface area (Å²) >= 11 is 0. The van der Waals surface area contributed by atoms with Crippen LogP contribution >= 0.6 is 0 Å². The first kappa shape index (κ1) is 16.6. The SMILES string of the molecule is C[C@H](C#N)C[C@@H](NC(=O)Cc1c(F)cccc1F)C(=O)O. The fourth-order valence-electron chi connectivity index (χ4n) is 1.73. The number of carboxylic acid groups (broad SMARTS) is 1. The summed E-state index contributed by atoms with van der Waals surface area (Å²) in [7, 11) is 0. The highest BCUT2D eigenvalue weighted by molar-refractivity contribution is 5.84. The fraction of sp³-hybridized carbons (Fsp3) is 0.357. The molecular formula is C14H14F2N2O3. The highest BCUT2D eigenvalue weighted by atomic mass is 19.1. The van der Waals surface area contributed by atoms with Gasteiger partial charge < -0.3 is 10.4 Å². The molecule has 2 N–H and O–H groups in total. The van der Waals surface area contributed by atoms with Crippen molar-refractivity contribution in [1.82, 2.24) is 5.32 Å². The molecule has 1 aromatic carbocycles. The molecule has 7 heteroatoms. The maximum Gasteiger partial charge on any atom is 0.326 e. The van der Waals surface area contributed by atoms with Crippen LogP contribution < -0.4 is 5.32 Å². The molecular weight excluding hydrogens is 282 g/mol. The molecule has 112 valence electrons. The number of nitriles is 1. The van der Waals surface area contributed by atoms with E-state index in [2.05, 4.69) is 5.32 Å². The number of benzene rings is 1. The molecule has 0 aliphatic carbocycles. The Labute approximate surface area is 120 Å². The standard InChI is InChI=1S/C14H14F2N2O3/c1-8(7-17)5-12(14(20)21)18-13(19)6-9-10(15)3-2-4-11(9)16/h2-4,8,12H,5-6H2,1H3,(H,18,19)(H,20,21)/t8-,12+/m0/s1. The molecule has 0 aromatic heterocycles. The van der Waals surface area contributed by atoms with Gasteiger partial charge in [-0.05, 0) is 25.5 Å². The maximum absolute atomic E-state index is 13.4. The van der Waals surface area contributed by atoms with E-state index in [4.69, 9.17) is 10.4 Å². The summed E-state index contributed by atoms with van der Waals surface area (Å²) in [6.45, 7) is 1.51. The van der Waals surface area contributed by atoms with E-state index in [1.807, 2.05) is 6.07 Å². The zero-order valence-corrected chi connectivity index (χ0v) is 11.3. The summed E-state index contributed by atoms with van der Waals surface area (Å²) in [4.78, 5) is 22.7. The highest BCUT2D eigenvalue weighted by Gasteiger charge is 2.23. The van der Waals surface area contributed by atoms with E-state index in [0.29, 0.717) is 0 Å². The largest absolute Gasteiger partial charge is 0.480 e. The average molecular weight is 296 g/mol. The first-order valence-corrected chi connectivity index (χ1v) is 6.19. The molecule has 0 heterocycles. The van der Waals surface area contributed by atoms with Crippen LogP contribution in [0.15, 0.2) is 18.2 Å². The third kappa shape index (κ3) is 4.84. The van der Waals surface area contributed by atoms with Crippen LogP contribution in [0.2, 0.25) is 0 Å². The van der Waals surface area contributed by atoms with Crippen molar-refractivity contribution in [2.75, 3.05) is 0 Å². The monoisotopic (exact) mass is 296 g/mol. The van der Waals surface area contributed by atoms with Crippen molar-refractivity contribution in [3.63, 3.8) is 0 Å². The van der Waals surface area contributed by atoms with Crippen LogP contribution in [0.4, 0.5) is 8.78 Å². The lowest BCUT2D eigenvalue weighted by Crippen LogP contribution is -2.42. The number of hydrogen-bond acceptors (Lipinski definition) is 3. The summed E-state index contributed by atoms with van der Waals surface area (Å²) in [6, 6.07) is 3.77. The van der Waals surface area contributed by atoms with Crippen molar-refractivity contribution in [1.29, 1.82) is 5.26 Å². The normalized spacial score (nSPS) is 13.0. The number of nitrogens with one attached hydrogen (secondary N) is 1. The van der Waals surface area contributed by atoms with E-state index in [1.165, 1.54) is 13.0 Å². The molecule has 0 spiro atoms. The molecule has 21 heavy (non-hydrogen) atoms. The number of carbonyl (C=O) groups excluding carboxylic acids is 1. The number of halogens is 2. The summed E-state index contributed by atoms with van der Waals surface area (Å²) < 4.78 is 26.8. The Bertz CT molecular complexity index is 564. The van der Waals surface area contributed by atoms with Crippen LogP contribution in [-0.4, -0.2) is 23.0 Å². The summed E-state index contributed by atoms with van der Waals surface area (Å²) in [5.74, 6) is -4.45. The van der Waals surface area contributed by atoms with Gasteiger partial charge in [-0.25, -0.2) is 13.6 Å². The Hall–Kier alpha value is -2.49. The van der Waals surface area contributed by atoms with E-state index in [9.17, 15) is 18.4 Å². The Morgan fingerprint density at radius 1 is 1.38 bits per heavy atom. The molecule has 2 atom stereocenters. The van der Waals surface area contributed by atoms with Gasteiger partial charge in [0.1, 0.15) is 17.7 Å². The summed E-state index contributed by atoms with van der Waals surface area (Å²) in [5.41, 5.74) is -0.424. The van der Waals surface area contributed by atoms with Crippen LogP contribution in [0.5, 0.6) is 0 Å². The Morgan fingerprint density at radius 2 is 1.95 bits per heavy atom. The zero-order valence-electron chi connectivity index (χ0n) is 11.3. The molecule has 1 rings (SSSR count). The highest BCUT2D eigenvalue weighted by Crippen LogP contribution is 2.13. The van der Waals surface area contributed by atoms with E-state index < -0.39 is 47.5 Å². The third-order valence-electron chi connectivity index (χ3n) is 2.84. The van der Waals surface area contributed by atoms with Gasteiger partial charge in [0.25, 0.3) is 0 Å². The van der Waals surface area contributed by atoms with Gasteiger partial charge in [-0.2, -0.15) is 5.26 Å². The molecule has 0 saturated carbocycles. The van der Waals surface area contributed by atoms with Gasteiger partial charge in [-0.15, -0.1) is 0 Å². The van der Waals surface area contributed by atoms with Crippen LogP contribution in [0.1, 0.15) is 18.9 Å². The molecule has 0 aliphatic rings. The van der Waals surface area contributed by atoms with E-state index in [-0.39, 0.29) is 6.42 Å². The fourth-order valence-corrected chi connectivity index (χ4v) is 1.73. The first-order valence-electron chi connectivity index (χ1n) is 6.19. The molecule has 0 saturated heterocycles. The zero-order chi connectivity index (χ0) is 16.0. The number of carboxylic acids is 1. The van der Waals surface area contributed by atoms with Crippen molar-refractivity contribution in [3.8, 4) is 6.07 Å². The Balaban J connectivity index is 2.75. The van der Waals surface area contributed by atoms with Gasteiger partial charge >= 0.3 is 5.97 Å². The quantitative estimate of drug-likeness (QED) is 0.834. The number of rotatable bonds is 6. The summed E-state index contributed by atoms with van der Waals surface area (Å²) in [6.07, 6.45) is -0.694. The second-order valence-electron chi connectivity index (χ2n) is 4.60. The molecule has 1 aromatic rings. The van der Waals surface area contributed by atoms with Gasteiger partial charge in [0.2, 0.25) is 5.91 Å². The molecule has 0 aliphatic heterocycles. The van der Waals surface area contributed by atoms with Gasteiger partial charge in [0.05, 0.1) is 12.5 Å². The van der Waals surface area contributed by atoms with Crippen LogP contribution in [-0.2, 0) is 16.0 Å². The maximum atomic E-state index is 13.4. The lowest BCUT2D eigenvalue weighted by Gasteiger charge is -2.15. The molecule has 0 fully saturated rings. The van der Waals surface area contributed by atoms with Gasteiger partial charge in [-0.3, -0.25) is 4.79 Å². The van der Waals surface area contributed by atoms with E-state index in [0.717, 1.165) is 12.1 Å². The minimum Gasteiger partial charge on any atom is -0.480 e. The third-order valence-corrected chi connectivity index (χ3v) is 2.84. The van der Waals surface area contributed by atoms with Crippen LogP contribution in [0.3, 0.4) is 0 Å². The van der Waals surface area contributed by atoms with Crippen molar-refractivity contribution in [3.05, 3.63) is 35.4 Å². The number of hydrogen-bond donors (Lipinski definition) is 2. The van der Waals surface area contributed by atoms with E-state index in [1.54, 1.807) is 0 Å². The van der Waals surface area contributed by atoms with Gasteiger partial charge in [-0.1, -0.05) is 6.07 Å². The van der Waals surface area contributed by atoms with Crippen molar-refractivity contribution >= 4 is 11.9 Å². The van der Waals surface area contributed by atoms with E-state index >= 15 is 0 Å². The lowest BCUT2D eigenvalue weighted by molar-refractivity contribution is -0.142. The van der Waals surface area contributed by atoms with Crippen LogP contribution in [0.25, 0.3) is 0 Å². The molecule has 1 amide bonds. The van der Waals surface area contributed by atoms with Gasteiger partial charge in [0.15, 0.2) is 0 Å². The number of nitrogens with zero attached hydrogens (tertiary/aromatic N) is 1. The number of amides is 1. The Kier molecular flexibility index (Phi) is 5.79. The second kappa shape index (κ2) is 7.33. The van der Waals surface area contributed by atoms with Crippen LogP contribution in [0, 0.1) is 28.9 Å². The minimum absolute atomic E-state index is 0.0860. The smallest absolute Gasteiger partial charge is 0.326 e. The number of carbonyl (C=O) groups is 2. The lowest BCUT2D eigenvalue weighted by atomic mass is 10.0. The predicted octanol–water partition coefficient (Wildman–Crippen LogP) is 1.63. The Morgan fingerprint density at radius 3 is 2.43 bits per heavy atom. The second-order valence-corrected chi connectivity index (χ2v) is 4.60. The minimum atomic E-state index is -1.31. The van der Waals surface area contributed by atoms with Crippen molar-refractivity contribution in [2.45, 2.75) is 25.8 Å². The van der Waals surface area contributed by atoms with Crippen molar-refractivity contribution < 1.29 is 23.5 Å². The topological polar surface area (TPSA) is 90.2 Å². The average Bonchev–Trinajstić information content (AvgIpc) is 2.42. The molecule has 0 unspecified atom stereocenters. The number of aliphatic carboxylic acids is 1. The summed E-state index contributed by atoms with van der Waals surface area (Å²) in [5, 5.41) is 19.8. The first-order chi connectivity index (χ1) is 9.85. The van der Waals surface area contributed by atoms with Crippen molar-refractivity contribution in [2.24, 2.45) is 5.92 Å². The molecule has 0 radical (unpaired) electrons. The molecule has 5 nitrogen and oxygen atoms in total. The molecule has 0 bridgehead atoms.